The second-order valence-electron chi connectivity index (χ2n) is 8.45. The molecule has 1 fully saturated rings. The van der Waals surface area contributed by atoms with E-state index in [-0.39, 0.29) is 17.3 Å². The average molecular weight is 389 g/mol. The van der Waals surface area contributed by atoms with Gasteiger partial charge in [-0.3, -0.25) is 4.79 Å². The fourth-order valence-corrected chi connectivity index (χ4v) is 4.69. The van der Waals surface area contributed by atoms with Crippen LogP contribution in [0.25, 0.3) is 6.08 Å². The van der Waals surface area contributed by atoms with Crippen molar-refractivity contribution < 1.29 is 14.6 Å². The number of aliphatic hydroxyl groups is 1. The molecule has 2 aromatic rings. The summed E-state index contributed by atoms with van der Waals surface area (Å²) in [5, 5.41) is 10.7. The minimum Gasteiger partial charge on any atom is -0.489 e. The van der Waals surface area contributed by atoms with Crippen molar-refractivity contribution in [1.82, 2.24) is 0 Å². The predicted octanol–water partition coefficient (Wildman–Crippen LogP) is 5.49. The number of allylic oxidation sites excluding steroid dienone is 2. The predicted molar refractivity (Wildman–Crippen MR) is 115 cm³/mol. The van der Waals surface area contributed by atoms with Crippen LogP contribution in [0.5, 0.6) is 5.75 Å². The van der Waals surface area contributed by atoms with Crippen LogP contribution in [0.15, 0.2) is 71.3 Å². The van der Waals surface area contributed by atoms with Crippen molar-refractivity contribution in [2.75, 3.05) is 0 Å². The molecule has 3 nitrogen and oxygen atoms in total. The number of Topliss-reactive ketones (excluding diaryl/α,β-unsaturated/α-hetero) is 1. The van der Waals surface area contributed by atoms with Crippen LogP contribution in [-0.2, 0) is 11.4 Å². The van der Waals surface area contributed by atoms with Crippen molar-refractivity contribution in [3.8, 4) is 5.75 Å². The maximum Gasteiger partial charge on any atom is 0.184 e. The van der Waals surface area contributed by atoms with E-state index in [0.29, 0.717) is 13.0 Å². The van der Waals surface area contributed by atoms with Gasteiger partial charge in [0.25, 0.3) is 0 Å². The van der Waals surface area contributed by atoms with Gasteiger partial charge in [-0.15, -0.1) is 0 Å². The molecule has 0 radical (unpaired) electrons. The fourth-order valence-electron chi connectivity index (χ4n) is 4.69. The minimum absolute atomic E-state index is 0.121. The van der Waals surface area contributed by atoms with E-state index in [2.05, 4.69) is 6.92 Å². The standard InChI is InChI=1S/C26H28O3/c1-18-23-9-6-10-24(27)26(23,2)16-21(25(18)28)15-19-11-13-22(14-12-19)29-17-20-7-4-3-5-8-20/h3-5,7-8,11-15,24,27H,6,9-10,16-17H2,1-2H3/b21-15+/t24-,26-/m0/s1. The smallest absolute Gasteiger partial charge is 0.184 e. The highest BCUT2D eigenvalue weighted by molar-refractivity contribution is 6.12. The summed E-state index contributed by atoms with van der Waals surface area (Å²) in [4.78, 5) is 12.9. The molecule has 29 heavy (non-hydrogen) atoms. The molecule has 150 valence electrons. The molecule has 0 heterocycles. The van der Waals surface area contributed by atoms with Gasteiger partial charge in [0.15, 0.2) is 5.78 Å². The zero-order valence-corrected chi connectivity index (χ0v) is 17.2. The SMILES string of the molecule is CC1=C2CCC[C@H](O)[C@@]2(C)C/C(=C\c2ccc(OCc3ccccc3)cc2)C1=O. The number of hydrogen-bond donors (Lipinski definition) is 1. The summed E-state index contributed by atoms with van der Waals surface area (Å²) in [5.74, 6) is 0.926. The number of benzene rings is 2. The molecule has 0 spiro atoms. The monoisotopic (exact) mass is 388 g/mol. The van der Waals surface area contributed by atoms with Crippen molar-refractivity contribution in [3.05, 3.63) is 82.4 Å². The second-order valence-corrected chi connectivity index (χ2v) is 8.45. The normalized spacial score (nSPS) is 25.8. The van der Waals surface area contributed by atoms with E-state index in [0.717, 1.165) is 52.9 Å². The van der Waals surface area contributed by atoms with Gasteiger partial charge >= 0.3 is 0 Å². The molecule has 0 aromatic heterocycles. The molecule has 2 aliphatic rings. The van der Waals surface area contributed by atoms with Gasteiger partial charge in [-0.05, 0) is 67.5 Å². The lowest BCUT2D eigenvalue weighted by Crippen LogP contribution is -2.42. The number of ether oxygens (including phenoxy) is 1. The third-order valence-electron chi connectivity index (χ3n) is 6.44. The molecule has 1 N–H and O–H groups in total. The molecule has 2 aliphatic carbocycles. The molecule has 2 aromatic carbocycles. The molecule has 0 saturated heterocycles. The Hall–Kier alpha value is -2.65. The molecule has 0 unspecified atom stereocenters. The third-order valence-corrected chi connectivity index (χ3v) is 6.44. The summed E-state index contributed by atoms with van der Waals surface area (Å²) in [7, 11) is 0. The van der Waals surface area contributed by atoms with Crippen molar-refractivity contribution in [1.29, 1.82) is 0 Å². The van der Waals surface area contributed by atoms with E-state index < -0.39 is 0 Å². The van der Waals surface area contributed by atoms with E-state index in [1.165, 1.54) is 0 Å². The van der Waals surface area contributed by atoms with Crippen molar-refractivity contribution >= 4 is 11.9 Å². The van der Waals surface area contributed by atoms with Crippen molar-refractivity contribution in [3.63, 3.8) is 0 Å². The van der Waals surface area contributed by atoms with Crippen LogP contribution >= 0.6 is 0 Å². The Morgan fingerprint density at radius 2 is 1.86 bits per heavy atom. The summed E-state index contributed by atoms with van der Waals surface area (Å²) in [6.45, 7) is 4.56. The number of carbonyl (C=O) groups excluding carboxylic acids is 1. The minimum atomic E-state index is -0.383. The zero-order valence-electron chi connectivity index (χ0n) is 17.2. The first kappa shape index (κ1) is 19.7. The molecule has 1 saturated carbocycles. The van der Waals surface area contributed by atoms with Crippen LogP contribution in [0.2, 0.25) is 0 Å². The third kappa shape index (κ3) is 3.92. The zero-order chi connectivity index (χ0) is 20.4. The Kier molecular flexibility index (Phi) is 5.42. The lowest BCUT2D eigenvalue weighted by molar-refractivity contribution is -0.113. The number of carbonyl (C=O) groups is 1. The van der Waals surface area contributed by atoms with Gasteiger partial charge in [0.2, 0.25) is 0 Å². The van der Waals surface area contributed by atoms with Gasteiger partial charge in [-0.2, -0.15) is 0 Å². The van der Waals surface area contributed by atoms with Crippen LogP contribution in [0.4, 0.5) is 0 Å². The van der Waals surface area contributed by atoms with Gasteiger partial charge in [0.05, 0.1) is 6.10 Å². The first-order valence-corrected chi connectivity index (χ1v) is 10.4. The number of hydrogen-bond acceptors (Lipinski definition) is 3. The highest BCUT2D eigenvalue weighted by atomic mass is 16.5. The summed E-state index contributed by atoms with van der Waals surface area (Å²) in [6, 6.07) is 17.9. The van der Waals surface area contributed by atoms with Crippen LogP contribution in [0.3, 0.4) is 0 Å². The number of ketones is 1. The number of aliphatic hydroxyl groups excluding tert-OH is 1. The van der Waals surface area contributed by atoms with Crippen LogP contribution < -0.4 is 4.74 Å². The van der Waals surface area contributed by atoms with Crippen LogP contribution in [0.1, 0.15) is 50.7 Å². The van der Waals surface area contributed by atoms with E-state index in [1.54, 1.807) is 0 Å². The van der Waals surface area contributed by atoms with Crippen molar-refractivity contribution in [2.45, 2.75) is 52.2 Å². The number of rotatable bonds is 4. The van der Waals surface area contributed by atoms with E-state index >= 15 is 0 Å². The molecule has 3 heteroatoms. The Labute approximate surface area is 172 Å². The molecule has 0 bridgehead atoms. The maximum atomic E-state index is 12.9. The Balaban J connectivity index is 1.52. The average Bonchev–Trinajstić information content (AvgIpc) is 2.74. The number of fused-ring (bicyclic) bond motifs is 1. The highest BCUT2D eigenvalue weighted by Crippen LogP contribution is 2.50. The molecular formula is C26H28O3. The first-order chi connectivity index (χ1) is 14.0. The molecule has 0 aliphatic heterocycles. The van der Waals surface area contributed by atoms with Gasteiger partial charge < -0.3 is 9.84 Å². The molecule has 4 rings (SSSR count). The van der Waals surface area contributed by atoms with Gasteiger partial charge in [-0.1, -0.05) is 55.0 Å². The van der Waals surface area contributed by atoms with E-state index in [1.807, 2.05) is 67.6 Å². The van der Waals surface area contributed by atoms with E-state index in [4.69, 9.17) is 4.74 Å². The maximum absolute atomic E-state index is 12.9. The second kappa shape index (κ2) is 8.00. The van der Waals surface area contributed by atoms with Gasteiger partial charge in [0, 0.05) is 11.0 Å². The largest absolute Gasteiger partial charge is 0.489 e. The Bertz CT molecular complexity index is 953. The quantitative estimate of drug-likeness (QED) is 0.705. The first-order valence-electron chi connectivity index (χ1n) is 10.4. The summed E-state index contributed by atoms with van der Waals surface area (Å²) < 4.78 is 5.85. The van der Waals surface area contributed by atoms with Gasteiger partial charge in [-0.25, -0.2) is 0 Å². The van der Waals surface area contributed by atoms with Crippen LogP contribution in [-0.4, -0.2) is 17.0 Å². The highest BCUT2D eigenvalue weighted by Gasteiger charge is 2.45. The lowest BCUT2D eigenvalue weighted by atomic mass is 9.61. The summed E-state index contributed by atoms with van der Waals surface area (Å²) in [6.07, 6.45) is 4.88. The molecule has 2 atom stereocenters. The Morgan fingerprint density at radius 3 is 2.59 bits per heavy atom. The molecule has 0 amide bonds. The summed E-state index contributed by atoms with van der Waals surface area (Å²) >= 11 is 0. The summed E-state index contributed by atoms with van der Waals surface area (Å²) in [5.41, 5.74) is 4.55. The van der Waals surface area contributed by atoms with Crippen LogP contribution in [0, 0.1) is 5.41 Å². The lowest BCUT2D eigenvalue weighted by Gasteiger charge is -2.45. The van der Waals surface area contributed by atoms with Gasteiger partial charge in [0.1, 0.15) is 12.4 Å². The Morgan fingerprint density at radius 1 is 1.14 bits per heavy atom. The topological polar surface area (TPSA) is 46.5 Å². The molecular weight excluding hydrogens is 360 g/mol. The fraction of sp³-hybridized carbons (Fsp3) is 0.346. The van der Waals surface area contributed by atoms with E-state index in [9.17, 15) is 9.90 Å². The van der Waals surface area contributed by atoms with Crippen molar-refractivity contribution in [2.24, 2.45) is 5.41 Å².